The monoisotopic (exact) mass is 372 g/mol. The number of hydrogen-bond donors (Lipinski definition) is 1. The van der Waals surface area contributed by atoms with Crippen molar-refractivity contribution in [3.8, 4) is 0 Å². The highest BCUT2D eigenvalue weighted by molar-refractivity contribution is 9.10. The summed E-state index contributed by atoms with van der Waals surface area (Å²) in [6, 6.07) is 6.64. The van der Waals surface area contributed by atoms with Crippen molar-refractivity contribution in [3.63, 3.8) is 0 Å². The first kappa shape index (κ1) is 15.0. The zero-order valence-electron chi connectivity index (χ0n) is 11.5. The van der Waals surface area contributed by atoms with Crippen LogP contribution in [0.1, 0.15) is 32.1 Å². The van der Waals surface area contributed by atoms with Crippen LogP contribution in [0.2, 0.25) is 0 Å². The van der Waals surface area contributed by atoms with Crippen molar-refractivity contribution in [2.75, 3.05) is 5.75 Å². The van der Waals surface area contributed by atoms with Gasteiger partial charge in [-0.3, -0.25) is 4.79 Å². The number of aliphatic carboxylic acids is 1. The van der Waals surface area contributed by atoms with Gasteiger partial charge in [0.25, 0.3) is 0 Å². The molecular formula is C15H17BrO4S. The summed E-state index contributed by atoms with van der Waals surface area (Å²) in [7, 11) is -3.37. The van der Waals surface area contributed by atoms with Crippen LogP contribution in [0.4, 0.5) is 0 Å². The van der Waals surface area contributed by atoms with Crippen LogP contribution in [0.15, 0.2) is 33.6 Å². The van der Waals surface area contributed by atoms with E-state index in [1.807, 2.05) is 0 Å². The minimum absolute atomic E-state index is 0.0661. The van der Waals surface area contributed by atoms with Gasteiger partial charge < -0.3 is 5.11 Å². The van der Waals surface area contributed by atoms with Gasteiger partial charge in [0.1, 0.15) is 0 Å². The van der Waals surface area contributed by atoms with E-state index in [0.29, 0.717) is 37.0 Å². The van der Waals surface area contributed by atoms with Crippen LogP contribution in [-0.4, -0.2) is 25.2 Å². The Balaban J connectivity index is 1.84. The zero-order valence-corrected chi connectivity index (χ0v) is 13.9. The molecular weight excluding hydrogens is 356 g/mol. The van der Waals surface area contributed by atoms with Crippen molar-refractivity contribution in [2.45, 2.75) is 37.0 Å². The standard InChI is InChI=1S/C15H17BrO4S/c16-11-1-3-12(4-2-11)21(19,20)10-14-5-7-15(9-14,8-6-14)13(17)18/h1-4H,5-10H2,(H,17,18). The van der Waals surface area contributed by atoms with E-state index < -0.39 is 21.2 Å². The van der Waals surface area contributed by atoms with Gasteiger partial charge in [0.2, 0.25) is 0 Å². The molecule has 0 unspecified atom stereocenters. The molecule has 4 nitrogen and oxygen atoms in total. The number of fused-ring (bicyclic) bond motifs is 2. The largest absolute Gasteiger partial charge is 0.481 e. The first-order valence-corrected chi connectivity index (χ1v) is 9.43. The molecule has 0 heterocycles. The van der Waals surface area contributed by atoms with E-state index in [1.54, 1.807) is 24.3 Å². The molecule has 1 aromatic rings. The molecule has 21 heavy (non-hydrogen) atoms. The number of sulfone groups is 1. The van der Waals surface area contributed by atoms with Crippen molar-refractivity contribution >= 4 is 31.7 Å². The Bertz CT molecular complexity index is 670. The third-order valence-corrected chi connectivity index (χ3v) is 7.62. The van der Waals surface area contributed by atoms with Gasteiger partial charge in [-0.05, 0) is 61.8 Å². The molecule has 1 N–H and O–H groups in total. The minimum atomic E-state index is -3.37. The van der Waals surface area contributed by atoms with Gasteiger partial charge in [-0.2, -0.15) is 0 Å². The predicted molar refractivity (Wildman–Crippen MR) is 81.8 cm³/mol. The molecule has 0 aromatic heterocycles. The Morgan fingerprint density at radius 1 is 1.14 bits per heavy atom. The summed E-state index contributed by atoms with van der Waals surface area (Å²) in [6.07, 6.45) is 3.13. The average molecular weight is 373 g/mol. The number of carbonyl (C=O) groups is 1. The highest BCUT2D eigenvalue weighted by Crippen LogP contribution is 2.62. The first-order valence-electron chi connectivity index (χ1n) is 6.99. The van der Waals surface area contributed by atoms with Crippen LogP contribution in [0.5, 0.6) is 0 Å². The fraction of sp³-hybridized carbons (Fsp3) is 0.533. The smallest absolute Gasteiger partial charge is 0.309 e. The topological polar surface area (TPSA) is 71.4 Å². The molecule has 2 saturated carbocycles. The quantitative estimate of drug-likeness (QED) is 0.880. The van der Waals surface area contributed by atoms with Crippen LogP contribution >= 0.6 is 15.9 Å². The zero-order chi connectivity index (χ0) is 15.3. The number of benzene rings is 1. The summed E-state index contributed by atoms with van der Waals surface area (Å²) in [6.45, 7) is 0. The van der Waals surface area contributed by atoms with Crippen LogP contribution in [0.25, 0.3) is 0 Å². The SMILES string of the molecule is O=C(O)C12CCC(CS(=O)(=O)c3ccc(Br)cc3)(CC1)C2. The van der Waals surface area contributed by atoms with Gasteiger partial charge >= 0.3 is 5.97 Å². The van der Waals surface area contributed by atoms with E-state index in [2.05, 4.69) is 15.9 Å². The molecule has 114 valence electrons. The summed E-state index contributed by atoms with van der Waals surface area (Å²) in [4.78, 5) is 11.8. The summed E-state index contributed by atoms with van der Waals surface area (Å²) < 4.78 is 26.0. The Kier molecular flexibility index (Phi) is 3.44. The Morgan fingerprint density at radius 3 is 2.19 bits per heavy atom. The number of rotatable bonds is 4. The van der Waals surface area contributed by atoms with E-state index in [4.69, 9.17) is 0 Å². The Hall–Kier alpha value is -0.880. The molecule has 2 fully saturated rings. The molecule has 3 rings (SSSR count). The molecule has 2 bridgehead atoms. The van der Waals surface area contributed by atoms with E-state index in [0.717, 1.165) is 4.47 Å². The minimum Gasteiger partial charge on any atom is -0.481 e. The number of halogens is 1. The van der Waals surface area contributed by atoms with Gasteiger partial charge in [0, 0.05) is 4.47 Å². The maximum atomic E-state index is 12.6. The molecule has 1 aromatic carbocycles. The van der Waals surface area contributed by atoms with Crippen molar-refractivity contribution in [3.05, 3.63) is 28.7 Å². The van der Waals surface area contributed by atoms with E-state index >= 15 is 0 Å². The first-order chi connectivity index (χ1) is 9.77. The van der Waals surface area contributed by atoms with Gasteiger partial charge in [-0.1, -0.05) is 15.9 Å². The van der Waals surface area contributed by atoms with Gasteiger partial charge in [0.15, 0.2) is 9.84 Å². The molecule has 0 aliphatic heterocycles. The Morgan fingerprint density at radius 2 is 1.71 bits per heavy atom. The third kappa shape index (κ3) is 2.52. The maximum Gasteiger partial charge on any atom is 0.309 e. The molecule has 0 amide bonds. The van der Waals surface area contributed by atoms with Crippen LogP contribution in [0.3, 0.4) is 0 Å². The summed E-state index contributed by atoms with van der Waals surface area (Å²) in [5.74, 6) is -0.695. The average Bonchev–Trinajstić information content (AvgIpc) is 2.95. The fourth-order valence-electron chi connectivity index (χ4n) is 3.94. The van der Waals surface area contributed by atoms with E-state index in [1.165, 1.54) is 0 Å². The number of carboxylic acids is 1. The molecule has 0 spiro atoms. The van der Waals surface area contributed by atoms with Gasteiger partial charge in [-0.25, -0.2) is 8.42 Å². The predicted octanol–water partition coefficient (Wildman–Crippen LogP) is 3.26. The third-order valence-electron chi connectivity index (χ3n) is 5.10. The highest BCUT2D eigenvalue weighted by atomic mass is 79.9. The van der Waals surface area contributed by atoms with Gasteiger partial charge in [-0.15, -0.1) is 0 Å². The Labute approximate surface area is 132 Å². The van der Waals surface area contributed by atoms with E-state index in [9.17, 15) is 18.3 Å². The number of carboxylic acid groups (broad SMARTS) is 1. The number of hydrogen-bond acceptors (Lipinski definition) is 3. The maximum absolute atomic E-state index is 12.6. The summed E-state index contributed by atoms with van der Waals surface area (Å²) in [5.41, 5.74) is -1.01. The fourth-order valence-corrected chi connectivity index (χ4v) is 6.12. The normalized spacial score (nSPS) is 31.5. The van der Waals surface area contributed by atoms with Crippen LogP contribution < -0.4 is 0 Å². The van der Waals surface area contributed by atoms with Gasteiger partial charge in [0.05, 0.1) is 16.1 Å². The lowest BCUT2D eigenvalue weighted by Gasteiger charge is -2.26. The second-order valence-electron chi connectivity index (χ2n) is 6.48. The second-order valence-corrected chi connectivity index (χ2v) is 9.38. The lowest BCUT2D eigenvalue weighted by molar-refractivity contribution is -0.148. The van der Waals surface area contributed by atoms with Crippen molar-refractivity contribution < 1.29 is 18.3 Å². The van der Waals surface area contributed by atoms with Crippen LogP contribution in [0, 0.1) is 10.8 Å². The van der Waals surface area contributed by atoms with E-state index in [-0.39, 0.29) is 11.2 Å². The lowest BCUT2D eigenvalue weighted by Crippen LogP contribution is -2.25. The molecule has 0 atom stereocenters. The summed E-state index contributed by atoms with van der Waals surface area (Å²) in [5, 5.41) is 9.40. The molecule has 6 heteroatoms. The molecule has 0 saturated heterocycles. The molecule has 2 aliphatic carbocycles. The van der Waals surface area contributed by atoms with Crippen molar-refractivity contribution in [1.29, 1.82) is 0 Å². The highest BCUT2D eigenvalue weighted by Gasteiger charge is 2.59. The molecule has 0 radical (unpaired) electrons. The van der Waals surface area contributed by atoms with Crippen molar-refractivity contribution in [1.82, 2.24) is 0 Å². The summed E-state index contributed by atoms with van der Waals surface area (Å²) >= 11 is 3.29. The van der Waals surface area contributed by atoms with Crippen molar-refractivity contribution in [2.24, 2.45) is 10.8 Å². The van der Waals surface area contributed by atoms with Crippen LogP contribution in [-0.2, 0) is 14.6 Å². The lowest BCUT2D eigenvalue weighted by atomic mass is 9.83. The second kappa shape index (κ2) is 4.81. The molecule has 2 aliphatic rings.